The zero-order chi connectivity index (χ0) is 18.9. The molecule has 26 heavy (non-hydrogen) atoms. The molecule has 3 heteroatoms. The van der Waals surface area contributed by atoms with E-state index in [-0.39, 0.29) is 28.2 Å². The predicted molar refractivity (Wildman–Crippen MR) is 101 cm³/mol. The van der Waals surface area contributed by atoms with Gasteiger partial charge in [0.2, 0.25) is 0 Å². The fourth-order valence-corrected chi connectivity index (χ4v) is 7.31. The number of hydrogen-bond donors (Lipinski definition) is 0. The van der Waals surface area contributed by atoms with E-state index in [1.165, 1.54) is 18.9 Å². The molecule has 0 amide bonds. The summed E-state index contributed by atoms with van der Waals surface area (Å²) in [7, 11) is 0. The van der Waals surface area contributed by atoms with E-state index < -0.39 is 0 Å². The quantitative estimate of drug-likeness (QED) is 0.490. The lowest BCUT2D eigenvalue weighted by Crippen LogP contribution is -2.55. The maximum Gasteiger partial charge on any atom is 0.303 e. The molecule has 4 aliphatic rings. The minimum Gasteiger partial charge on any atom is -0.459 e. The van der Waals surface area contributed by atoms with Gasteiger partial charge in [-0.3, -0.25) is 9.59 Å². The van der Waals surface area contributed by atoms with Gasteiger partial charge in [-0.05, 0) is 86.7 Å². The molecule has 0 aliphatic heterocycles. The molecule has 3 fully saturated rings. The van der Waals surface area contributed by atoms with E-state index in [0.29, 0.717) is 17.8 Å². The highest BCUT2D eigenvalue weighted by atomic mass is 16.6. The average molecular weight is 357 g/mol. The Morgan fingerprint density at radius 1 is 1.15 bits per heavy atom. The average Bonchev–Trinajstić information content (AvgIpc) is 2.80. The van der Waals surface area contributed by atoms with Crippen LogP contribution < -0.4 is 0 Å². The Hall–Kier alpha value is -1.38. The standard InChI is InChI=1S/C23H32O3/c1-14-13-21(3)16(12-20(14)25)6-7-17-18(21)8-10-22(4)19(17)9-11-23(22,5)26-15(2)24/h12,17-19H,1,6-11,13H2,2-5H3/t17?,18?,19?,21?,22?,23-/m0/s1. The summed E-state index contributed by atoms with van der Waals surface area (Å²) in [6, 6.07) is 0. The summed E-state index contributed by atoms with van der Waals surface area (Å²) in [6.07, 6.45) is 9.31. The summed E-state index contributed by atoms with van der Waals surface area (Å²) in [5.74, 6) is 1.87. The topological polar surface area (TPSA) is 43.4 Å². The number of hydrogen-bond acceptors (Lipinski definition) is 3. The molecule has 0 saturated heterocycles. The summed E-state index contributed by atoms with van der Waals surface area (Å²) in [5.41, 5.74) is 1.97. The number of rotatable bonds is 1. The highest BCUT2D eigenvalue weighted by Crippen LogP contribution is 2.68. The first-order valence-electron chi connectivity index (χ1n) is 10.2. The predicted octanol–water partition coefficient (Wildman–Crippen LogP) is 5.01. The van der Waals surface area contributed by atoms with Crippen molar-refractivity contribution in [2.45, 2.75) is 78.2 Å². The van der Waals surface area contributed by atoms with E-state index in [0.717, 1.165) is 44.1 Å². The van der Waals surface area contributed by atoms with Crippen LogP contribution in [0.15, 0.2) is 23.8 Å². The number of fused-ring (bicyclic) bond motifs is 5. The van der Waals surface area contributed by atoms with Gasteiger partial charge in [0.1, 0.15) is 5.60 Å². The number of carbonyl (C=O) groups is 2. The van der Waals surface area contributed by atoms with Crippen molar-refractivity contribution in [1.29, 1.82) is 0 Å². The Labute approximate surface area is 157 Å². The normalized spacial score (nSPS) is 47.5. The third-order valence-electron chi connectivity index (χ3n) is 8.87. The third kappa shape index (κ3) is 2.25. The van der Waals surface area contributed by atoms with Crippen molar-refractivity contribution in [2.75, 3.05) is 0 Å². The van der Waals surface area contributed by atoms with Crippen molar-refractivity contribution in [2.24, 2.45) is 28.6 Å². The van der Waals surface area contributed by atoms with E-state index in [1.807, 2.05) is 6.08 Å². The van der Waals surface area contributed by atoms with Crippen LogP contribution in [-0.4, -0.2) is 17.4 Å². The summed E-state index contributed by atoms with van der Waals surface area (Å²) in [6.45, 7) is 12.5. The van der Waals surface area contributed by atoms with E-state index >= 15 is 0 Å². The van der Waals surface area contributed by atoms with Crippen LogP contribution in [0.2, 0.25) is 0 Å². The molecule has 0 bridgehead atoms. The molecular weight excluding hydrogens is 324 g/mol. The summed E-state index contributed by atoms with van der Waals surface area (Å²) < 4.78 is 5.90. The van der Waals surface area contributed by atoms with Crippen LogP contribution in [-0.2, 0) is 14.3 Å². The van der Waals surface area contributed by atoms with Gasteiger partial charge in [-0.25, -0.2) is 0 Å². The molecule has 0 N–H and O–H groups in total. The van der Waals surface area contributed by atoms with Gasteiger partial charge in [-0.2, -0.15) is 0 Å². The van der Waals surface area contributed by atoms with Crippen molar-refractivity contribution in [3.8, 4) is 0 Å². The molecule has 0 aromatic carbocycles. The summed E-state index contributed by atoms with van der Waals surface area (Å²) in [4.78, 5) is 23.9. The van der Waals surface area contributed by atoms with Gasteiger partial charge in [0.25, 0.3) is 0 Å². The lowest BCUT2D eigenvalue weighted by Gasteiger charge is -2.59. The van der Waals surface area contributed by atoms with Crippen LogP contribution in [0, 0.1) is 28.6 Å². The molecular formula is C23H32O3. The zero-order valence-electron chi connectivity index (χ0n) is 16.7. The molecule has 5 unspecified atom stereocenters. The second kappa shape index (κ2) is 5.56. The van der Waals surface area contributed by atoms with Gasteiger partial charge in [-0.15, -0.1) is 0 Å². The van der Waals surface area contributed by atoms with Crippen LogP contribution in [0.5, 0.6) is 0 Å². The van der Waals surface area contributed by atoms with Gasteiger partial charge in [0.05, 0.1) is 0 Å². The molecule has 142 valence electrons. The monoisotopic (exact) mass is 356 g/mol. The number of allylic oxidation sites excluding steroid dienone is 2. The first kappa shape index (κ1) is 18.0. The fraction of sp³-hybridized carbons (Fsp3) is 0.739. The number of ketones is 1. The Bertz CT molecular complexity index is 719. The lowest BCUT2D eigenvalue weighted by atomic mass is 9.46. The van der Waals surface area contributed by atoms with Gasteiger partial charge in [0.15, 0.2) is 5.78 Å². The molecule has 0 aromatic rings. The first-order valence-corrected chi connectivity index (χ1v) is 10.2. The van der Waals surface area contributed by atoms with Crippen molar-refractivity contribution >= 4 is 11.8 Å². The molecule has 0 spiro atoms. The maximum atomic E-state index is 12.1. The Morgan fingerprint density at radius 2 is 1.85 bits per heavy atom. The lowest BCUT2D eigenvalue weighted by molar-refractivity contribution is -0.177. The minimum atomic E-state index is -0.336. The van der Waals surface area contributed by atoms with Gasteiger partial charge in [-0.1, -0.05) is 26.0 Å². The van der Waals surface area contributed by atoms with Crippen molar-refractivity contribution in [3.05, 3.63) is 23.8 Å². The highest BCUT2D eigenvalue weighted by molar-refractivity contribution is 6.05. The van der Waals surface area contributed by atoms with Crippen LogP contribution in [0.4, 0.5) is 0 Å². The maximum absolute atomic E-state index is 12.1. The summed E-state index contributed by atoms with van der Waals surface area (Å²) >= 11 is 0. The largest absolute Gasteiger partial charge is 0.459 e. The molecule has 3 nitrogen and oxygen atoms in total. The Balaban J connectivity index is 1.67. The van der Waals surface area contributed by atoms with Crippen molar-refractivity contribution < 1.29 is 14.3 Å². The SMILES string of the molecule is C=C1CC2(C)C(=CC1=O)CCC1C2CCC2(C)C1CC[C@]2(C)OC(C)=O. The third-order valence-corrected chi connectivity index (χ3v) is 8.87. The fourth-order valence-electron chi connectivity index (χ4n) is 7.31. The minimum absolute atomic E-state index is 0.0684. The van der Waals surface area contributed by atoms with Gasteiger partial charge in [0, 0.05) is 12.3 Å². The molecule has 0 heterocycles. The molecule has 4 aliphatic carbocycles. The second-order valence-corrected chi connectivity index (χ2v) is 9.97. The van der Waals surface area contributed by atoms with E-state index in [2.05, 4.69) is 27.4 Å². The van der Waals surface area contributed by atoms with E-state index in [9.17, 15) is 9.59 Å². The van der Waals surface area contributed by atoms with E-state index in [4.69, 9.17) is 4.74 Å². The Morgan fingerprint density at radius 3 is 2.54 bits per heavy atom. The van der Waals surface area contributed by atoms with Crippen LogP contribution in [0.25, 0.3) is 0 Å². The number of esters is 1. The molecule has 0 radical (unpaired) electrons. The van der Waals surface area contributed by atoms with Gasteiger partial charge >= 0.3 is 5.97 Å². The van der Waals surface area contributed by atoms with Crippen LogP contribution in [0.1, 0.15) is 72.6 Å². The van der Waals surface area contributed by atoms with Crippen LogP contribution >= 0.6 is 0 Å². The molecule has 3 saturated carbocycles. The molecule has 4 rings (SSSR count). The molecule has 0 aromatic heterocycles. The smallest absolute Gasteiger partial charge is 0.303 e. The number of ether oxygens (including phenoxy) is 1. The second-order valence-electron chi connectivity index (χ2n) is 9.97. The highest BCUT2D eigenvalue weighted by Gasteiger charge is 2.64. The Kier molecular flexibility index (Phi) is 3.85. The summed E-state index contributed by atoms with van der Waals surface area (Å²) in [5, 5.41) is 0. The number of carbonyl (C=O) groups excluding carboxylic acids is 2. The van der Waals surface area contributed by atoms with E-state index in [1.54, 1.807) is 0 Å². The van der Waals surface area contributed by atoms with Crippen molar-refractivity contribution in [3.63, 3.8) is 0 Å². The molecule has 6 atom stereocenters. The van der Waals surface area contributed by atoms with Crippen LogP contribution in [0.3, 0.4) is 0 Å². The first-order chi connectivity index (χ1) is 12.1. The zero-order valence-corrected chi connectivity index (χ0v) is 16.7. The van der Waals surface area contributed by atoms with Gasteiger partial charge < -0.3 is 4.74 Å². The van der Waals surface area contributed by atoms with Crippen molar-refractivity contribution in [1.82, 2.24) is 0 Å².